The van der Waals surface area contributed by atoms with Crippen LogP contribution in [0.5, 0.6) is 0 Å². The van der Waals surface area contributed by atoms with E-state index in [9.17, 15) is 0 Å². The van der Waals surface area contributed by atoms with Gasteiger partial charge >= 0.3 is 0 Å². The number of nitrogens with zero attached hydrogens (tertiary/aromatic N) is 2. The normalized spacial score (nSPS) is 33.4. The lowest BCUT2D eigenvalue weighted by atomic mass is 9.79. The van der Waals surface area contributed by atoms with Crippen LogP contribution in [-0.2, 0) is 0 Å². The predicted molar refractivity (Wildman–Crippen MR) is 69.6 cm³/mol. The summed E-state index contributed by atoms with van der Waals surface area (Å²) in [5.74, 6) is 1.96. The van der Waals surface area contributed by atoms with Crippen LogP contribution in [0.15, 0.2) is 0 Å². The number of rotatable bonds is 2. The van der Waals surface area contributed by atoms with Crippen LogP contribution in [0.25, 0.3) is 0 Å². The Morgan fingerprint density at radius 1 is 0.750 bits per heavy atom. The molecule has 0 radical (unpaired) electrons. The molecule has 0 aromatic rings. The Balaban J connectivity index is 1.90. The second kappa shape index (κ2) is 5.05. The van der Waals surface area contributed by atoms with Gasteiger partial charge < -0.3 is 9.80 Å². The van der Waals surface area contributed by atoms with Crippen LogP contribution >= 0.6 is 0 Å². The fourth-order valence-electron chi connectivity index (χ4n) is 3.34. The van der Waals surface area contributed by atoms with Gasteiger partial charge in [-0.25, -0.2) is 0 Å². The third-order valence-corrected chi connectivity index (χ3v) is 4.64. The lowest BCUT2D eigenvalue weighted by molar-refractivity contribution is 0.0197. The first-order valence-corrected chi connectivity index (χ1v) is 7.06. The Hall–Kier alpha value is -0.0800. The molecule has 2 saturated heterocycles. The summed E-state index contributed by atoms with van der Waals surface area (Å²) in [6.45, 7) is 14.7. The molecule has 0 amide bonds. The molecule has 16 heavy (non-hydrogen) atoms. The topological polar surface area (TPSA) is 6.48 Å². The minimum absolute atomic E-state index is 0.740. The highest BCUT2D eigenvalue weighted by Crippen LogP contribution is 2.32. The van der Waals surface area contributed by atoms with Crippen molar-refractivity contribution < 1.29 is 0 Å². The third kappa shape index (κ3) is 2.60. The molecule has 0 aromatic heterocycles. The third-order valence-electron chi connectivity index (χ3n) is 4.64. The molecule has 2 aliphatic rings. The predicted octanol–water partition coefficient (Wildman–Crippen LogP) is 2.45. The van der Waals surface area contributed by atoms with E-state index in [4.69, 9.17) is 0 Å². The van der Waals surface area contributed by atoms with E-state index in [1.54, 1.807) is 0 Å². The summed E-state index contributed by atoms with van der Waals surface area (Å²) >= 11 is 0. The average Bonchev–Trinajstić information content (AvgIpc) is 2.27. The second-order valence-electron chi connectivity index (χ2n) is 6.27. The molecule has 0 spiro atoms. The molecular formula is C14H28N2. The summed E-state index contributed by atoms with van der Waals surface area (Å²) in [6.07, 6.45) is 2.85. The zero-order valence-electron chi connectivity index (χ0n) is 11.4. The molecule has 2 atom stereocenters. The smallest absolute Gasteiger partial charge is 0.00387 e. The zero-order chi connectivity index (χ0) is 11.7. The van der Waals surface area contributed by atoms with Gasteiger partial charge in [-0.2, -0.15) is 0 Å². The molecule has 0 N–H and O–H groups in total. The summed E-state index contributed by atoms with van der Waals surface area (Å²) < 4.78 is 0. The number of likely N-dealkylation sites (tertiary alicyclic amines) is 2. The highest BCUT2D eigenvalue weighted by Gasteiger charge is 2.34. The molecule has 2 rings (SSSR count). The Labute approximate surface area is 101 Å². The zero-order valence-corrected chi connectivity index (χ0v) is 11.4. The molecule has 2 nitrogen and oxygen atoms in total. The van der Waals surface area contributed by atoms with E-state index in [0.717, 1.165) is 23.9 Å². The van der Waals surface area contributed by atoms with Crippen LogP contribution in [0.3, 0.4) is 0 Å². The van der Waals surface area contributed by atoms with E-state index >= 15 is 0 Å². The molecule has 0 bridgehead atoms. The summed E-state index contributed by atoms with van der Waals surface area (Å²) in [6, 6.07) is 1.48. The van der Waals surface area contributed by atoms with Crippen molar-refractivity contribution in [3.63, 3.8) is 0 Å². The van der Waals surface area contributed by atoms with Gasteiger partial charge in [-0.15, -0.1) is 0 Å². The SMILES string of the molecule is CC(C)N1CCC2CN(C(C)C)CCC2C1. The van der Waals surface area contributed by atoms with Gasteiger partial charge in [-0.3, -0.25) is 0 Å². The standard InChI is InChI=1S/C14H28N2/c1-11(2)15-7-5-14-10-16(12(3)4)8-6-13(14)9-15/h11-14H,5-10H2,1-4H3. The second-order valence-corrected chi connectivity index (χ2v) is 6.27. The van der Waals surface area contributed by atoms with Crippen molar-refractivity contribution in [2.45, 2.75) is 52.6 Å². The van der Waals surface area contributed by atoms with E-state index in [2.05, 4.69) is 37.5 Å². The maximum Gasteiger partial charge on any atom is 0.00387 e. The van der Waals surface area contributed by atoms with E-state index < -0.39 is 0 Å². The van der Waals surface area contributed by atoms with Crippen molar-refractivity contribution >= 4 is 0 Å². The van der Waals surface area contributed by atoms with Gasteiger partial charge in [0.1, 0.15) is 0 Å². The molecule has 94 valence electrons. The van der Waals surface area contributed by atoms with Gasteiger partial charge in [-0.05, 0) is 65.5 Å². The summed E-state index contributed by atoms with van der Waals surface area (Å²) in [4.78, 5) is 5.35. The molecule has 2 heterocycles. The van der Waals surface area contributed by atoms with Crippen molar-refractivity contribution in [3.8, 4) is 0 Å². The van der Waals surface area contributed by atoms with Gasteiger partial charge in [-0.1, -0.05) is 0 Å². The van der Waals surface area contributed by atoms with Gasteiger partial charge in [0.05, 0.1) is 0 Å². The number of piperidine rings is 2. The molecule has 0 aliphatic carbocycles. The molecular weight excluding hydrogens is 196 g/mol. The van der Waals surface area contributed by atoms with Gasteiger partial charge in [0.15, 0.2) is 0 Å². The van der Waals surface area contributed by atoms with Gasteiger partial charge in [0.25, 0.3) is 0 Å². The van der Waals surface area contributed by atoms with E-state index in [0.29, 0.717) is 0 Å². The molecule has 2 unspecified atom stereocenters. The van der Waals surface area contributed by atoms with Crippen LogP contribution in [0, 0.1) is 11.8 Å². The molecule has 0 aromatic carbocycles. The monoisotopic (exact) mass is 224 g/mol. The average molecular weight is 224 g/mol. The minimum atomic E-state index is 0.740. The quantitative estimate of drug-likeness (QED) is 0.711. The van der Waals surface area contributed by atoms with Crippen LogP contribution in [0.4, 0.5) is 0 Å². The van der Waals surface area contributed by atoms with Crippen molar-refractivity contribution in [1.29, 1.82) is 0 Å². The Morgan fingerprint density at radius 2 is 1.12 bits per heavy atom. The summed E-state index contributed by atoms with van der Waals surface area (Å²) in [7, 11) is 0. The van der Waals surface area contributed by atoms with E-state index in [1.807, 2.05) is 0 Å². The van der Waals surface area contributed by atoms with Gasteiger partial charge in [0.2, 0.25) is 0 Å². The lowest BCUT2D eigenvalue weighted by Gasteiger charge is -2.47. The van der Waals surface area contributed by atoms with Crippen molar-refractivity contribution in [3.05, 3.63) is 0 Å². The van der Waals surface area contributed by atoms with Crippen molar-refractivity contribution in [1.82, 2.24) is 9.80 Å². The number of hydrogen-bond donors (Lipinski definition) is 0. The number of fused-ring (bicyclic) bond motifs is 1. The van der Waals surface area contributed by atoms with Crippen LogP contribution in [-0.4, -0.2) is 48.1 Å². The Kier molecular flexibility index (Phi) is 3.91. The fraction of sp³-hybridized carbons (Fsp3) is 1.00. The Bertz CT molecular complexity index is 201. The van der Waals surface area contributed by atoms with Crippen LogP contribution < -0.4 is 0 Å². The van der Waals surface area contributed by atoms with E-state index in [1.165, 1.54) is 39.0 Å². The maximum atomic E-state index is 2.67. The highest BCUT2D eigenvalue weighted by atomic mass is 15.2. The fourth-order valence-corrected chi connectivity index (χ4v) is 3.34. The Morgan fingerprint density at radius 3 is 1.44 bits per heavy atom. The largest absolute Gasteiger partial charge is 0.301 e. The number of hydrogen-bond acceptors (Lipinski definition) is 2. The molecule has 0 saturated carbocycles. The first kappa shape index (κ1) is 12.4. The molecule has 2 fully saturated rings. The summed E-state index contributed by atoms with van der Waals surface area (Å²) in [5, 5.41) is 0. The minimum Gasteiger partial charge on any atom is -0.301 e. The first-order chi connectivity index (χ1) is 7.58. The highest BCUT2D eigenvalue weighted by molar-refractivity contribution is 4.88. The van der Waals surface area contributed by atoms with Crippen molar-refractivity contribution in [2.24, 2.45) is 11.8 Å². The molecule has 2 heteroatoms. The van der Waals surface area contributed by atoms with Crippen LogP contribution in [0.1, 0.15) is 40.5 Å². The van der Waals surface area contributed by atoms with E-state index in [-0.39, 0.29) is 0 Å². The first-order valence-electron chi connectivity index (χ1n) is 7.06. The molecule has 2 aliphatic heterocycles. The van der Waals surface area contributed by atoms with Crippen LogP contribution in [0.2, 0.25) is 0 Å². The maximum absolute atomic E-state index is 2.67. The van der Waals surface area contributed by atoms with Gasteiger partial charge in [0, 0.05) is 25.2 Å². The summed E-state index contributed by atoms with van der Waals surface area (Å²) in [5.41, 5.74) is 0. The lowest BCUT2D eigenvalue weighted by Crippen LogP contribution is -2.52. The van der Waals surface area contributed by atoms with Crippen molar-refractivity contribution in [2.75, 3.05) is 26.2 Å².